The minimum Gasteiger partial charge on any atom is -0.454 e. The first-order valence-electron chi connectivity index (χ1n) is 11.7. The van der Waals surface area contributed by atoms with E-state index in [1.807, 2.05) is 50.4 Å². The Hall–Kier alpha value is -2.74. The number of aryl methyl sites for hydroxylation is 1. The second-order valence-corrected chi connectivity index (χ2v) is 10.6. The van der Waals surface area contributed by atoms with Gasteiger partial charge in [-0.1, -0.05) is 36.2 Å². The van der Waals surface area contributed by atoms with Gasteiger partial charge in [0, 0.05) is 23.0 Å². The minimum atomic E-state index is -0.258. The molecule has 2 heterocycles. The molecule has 0 radical (unpaired) electrons. The number of hydrogen-bond acceptors (Lipinski definition) is 5. The number of halogens is 2. The van der Waals surface area contributed by atoms with Crippen LogP contribution >= 0.6 is 34.5 Å². The van der Waals surface area contributed by atoms with Gasteiger partial charge in [0.1, 0.15) is 6.54 Å². The van der Waals surface area contributed by atoms with E-state index in [9.17, 15) is 9.59 Å². The fourth-order valence-electron chi connectivity index (χ4n) is 3.92. The van der Waals surface area contributed by atoms with E-state index >= 15 is 0 Å². The normalized spacial score (nSPS) is 12.9. The van der Waals surface area contributed by atoms with Gasteiger partial charge >= 0.3 is 0 Å². The smallest absolute Gasteiger partial charge is 0.254 e. The molecule has 190 valence electrons. The molecular formula is C27H28Cl2N2O4S. The number of nitrogens with zero attached hydrogens (tertiary/aromatic N) is 2. The molecule has 1 aliphatic rings. The average Bonchev–Trinajstić information content (AvgIpc) is 3.51. The van der Waals surface area contributed by atoms with Gasteiger partial charge in [-0.3, -0.25) is 9.59 Å². The summed E-state index contributed by atoms with van der Waals surface area (Å²) < 4.78 is 10.9. The number of fused-ring (bicyclic) bond motifs is 1. The number of carbonyl (C=O) groups is 2. The number of carbonyl (C=O) groups excluding carboxylic acids is 2. The second kappa shape index (κ2) is 11.5. The van der Waals surface area contributed by atoms with Gasteiger partial charge < -0.3 is 19.3 Å². The molecule has 36 heavy (non-hydrogen) atoms. The van der Waals surface area contributed by atoms with Crippen LogP contribution in [-0.4, -0.2) is 41.0 Å². The highest BCUT2D eigenvalue weighted by Gasteiger charge is 2.27. The Morgan fingerprint density at radius 2 is 1.81 bits per heavy atom. The zero-order valence-corrected chi connectivity index (χ0v) is 22.8. The quantitative estimate of drug-likeness (QED) is 0.305. The molecule has 0 fully saturated rings. The fourth-order valence-corrected chi connectivity index (χ4v) is 5.14. The maximum absolute atomic E-state index is 13.7. The van der Waals surface area contributed by atoms with E-state index in [0.717, 1.165) is 16.0 Å². The van der Waals surface area contributed by atoms with Gasteiger partial charge in [0.05, 0.1) is 16.6 Å². The number of ether oxygens (including phenoxy) is 2. The molecule has 2 amide bonds. The lowest BCUT2D eigenvalue weighted by atomic mass is 10.1. The molecule has 1 aromatic heterocycles. The van der Waals surface area contributed by atoms with Crippen molar-refractivity contribution in [2.75, 3.05) is 13.3 Å². The van der Waals surface area contributed by atoms with Crippen LogP contribution in [0, 0.1) is 6.92 Å². The van der Waals surface area contributed by atoms with E-state index < -0.39 is 0 Å². The lowest BCUT2D eigenvalue weighted by Gasteiger charge is -2.31. The molecule has 0 saturated heterocycles. The van der Waals surface area contributed by atoms with Gasteiger partial charge in [-0.25, -0.2) is 0 Å². The number of amides is 2. The molecule has 0 spiro atoms. The zero-order chi connectivity index (χ0) is 25.8. The summed E-state index contributed by atoms with van der Waals surface area (Å²) in [6.07, 6.45) is 0.701. The summed E-state index contributed by atoms with van der Waals surface area (Å²) in [5, 5.41) is 2.70. The summed E-state index contributed by atoms with van der Waals surface area (Å²) in [4.78, 5) is 31.7. The predicted octanol–water partition coefficient (Wildman–Crippen LogP) is 6.56. The zero-order valence-electron chi connectivity index (χ0n) is 20.4. The van der Waals surface area contributed by atoms with E-state index in [1.54, 1.807) is 39.3 Å². The maximum atomic E-state index is 13.7. The van der Waals surface area contributed by atoms with Crippen molar-refractivity contribution < 1.29 is 19.1 Å². The molecule has 1 aliphatic heterocycles. The van der Waals surface area contributed by atoms with Crippen LogP contribution in [0.5, 0.6) is 11.5 Å². The average molecular weight is 548 g/mol. The number of benzene rings is 2. The Morgan fingerprint density at radius 1 is 1.03 bits per heavy atom. The molecule has 3 aromatic rings. The van der Waals surface area contributed by atoms with E-state index in [1.165, 1.54) is 0 Å². The molecule has 2 aromatic carbocycles. The summed E-state index contributed by atoms with van der Waals surface area (Å²) >= 11 is 13.8. The third-order valence-corrected chi connectivity index (χ3v) is 8.07. The standard InChI is InChI=1S/C27H28Cl2N2O4S/c1-4-18(3)31(27(33)20-6-7-21(28)22(29)12-20)15-26(32)30(14-25-17(2)9-10-36-25)13-19-5-8-23-24(11-19)35-16-34-23/h5-12,18H,4,13-16H2,1-3H3/t18-/m1/s1. The van der Waals surface area contributed by atoms with Crippen LogP contribution in [0.1, 0.15) is 46.6 Å². The van der Waals surface area contributed by atoms with E-state index in [2.05, 4.69) is 0 Å². The van der Waals surface area contributed by atoms with Gasteiger partial charge in [-0.05, 0) is 73.2 Å². The van der Waals surface area contributed by atoms with Crippen molar-refractivity contribution in [3.05, 3.63) is 79.5 Å². The molecule has 0 N–H and O–H groups in total. The molecular weight excluding hydrogens is 519 g/mol. The van der Waals surface area contributed by atoms with Crippen LogP contribution in [0.4, 0.5) is 0 Å². The number of thiophene rings is 1. The largest absolute Gasteiger partial charge is 0.454 e. The molecule has 6 nitrogen and oxygen atoms in total. The summed E-state index contributed by atoms with van der Waals surface area (Å²) in [5.74, 6) is 0.963. The van der Waals surface area contributed by atoms with Gasteiger partial charge in [0.25, 0.3) is 5.91 Å². The first-order valence-corrected chi connectivity index (χ1v) is 13.4. The third-order valence-electron chi connectivity index (χ3n) is 6.32. The minimum absolute atomic E-state index is 0.0525. The van der Waals surface area contributed by atoms with Crippen molar-refractivity contribution in [3.63, 3.8) is 0 Å². The van der Waals surface area contributed by atoms with Crippen molar-refractivity contribution in [1.29, 1.82) is 0 Å². The molecule has 0 unspecified atom stereocenters. The Balaban J connectivity index is 1.59. The maximum Gasteiger partial charge on any atom is 0.254 e. The van der Waals surface area contributed by atoms with Crippen LogP contribution in [0.15, 0.2) is 47.8 Å². The van der Waals surface area contributed by atoms with Crippen LogP contribution in [0.3, 0.4) is 0 Å². The summed E-state index contributed by atoms with van der Waals surface area (Å²) in [6.45, 7) is 6.93. The number of hydrogen-bond donors (Lipinski definition) is 0. The molecule has 1 atom stereocenters. The molecule has 0 bridgehead atoms. The summed E-state index contributed by atoms with van der Waals surface area (Å²) in [7, 11) is 0. The highest BCUT2D eigenvalue weighted by molar-refractivity contribution is 7.10. The second-order valence-electron chi connectivity index (χ2n) is 8.78. The Labute approximate surface area is 225 Å². The third kappa shape index (κ3) is 5.97. The van der Waals surface area contributed by atoms with Crippen molar-refractivity contribution >= 4 is 46.4 Å². The van der Waals surface area contributed by atoms with Gasteiger partial charge in [0.2, 0.25) is 12.7 Å². The lowest BCUT2D eigenvalue weighted by molar-refractivity contribution is -0.133. The number of rotatable bonds is 9. The van der Waals surface area contributed by atoms with Gasteiger partial charge in [0.15, 0.2) is 11.5 Å². The van der Waals surface area contributed by atoms with Crippen LogP contribution in [-0.2, 0) is 17.9 Å². The van der Waals surface area contributed by atoms with Gasteiger partial charge in [-0.15, -0.1) is 11.3 Å². The van der Waals surface area contributed by atoms with Crippen LogP contribution in [0.2, 0.25) is 10.0 Å². The highest BCUT2D eigenvalue weighted by Crippen LogP contribution is 2.33. The van der Waals surface area contributed by atoms with E-state index in [4.69, 9.17) is 32.7 Å². The first-order chi connectivity index (χ1) is 17.3. The first kappa shape index (κ1) is 26.3. The van der Waals surface area contributed by atoms with Crippen molar-refractivity contribution in [1.82, 2.24) is 9.80 Å². The predicted molar refractivity (Wildman–Crippen MR) is 143 cm³/mol. The summed E-state index contributed by atoms with van der Waals surface area (Å²) in [5.41, 5.74) is 2.45. The van der Waals surface area contributed by atoms with E-state index in [-0.39, 0.29) is 31.2 Å². The monoisotopic (exact) mass is 546 g/mol. The van der Waals surface area contributed by atoms with Crippen molar-refractivity contribution in [3.8, 4) is 11.5 Å². The molecule has 4 rings (SSSR count). The molecule has 0 saturated carbocycles. The molecule has 9 heteroatoms. The highest BCUT2D eigenvalue weighted by atomic mass is 35.5. The summed E-state index contributed by atoms with van der Waals surface area (Å²) in [6, 6.07) is 12.4. The Kier molecular flexibility index (Phi) is 8.44. The van der Waals surface area contributed by atoms with Crippen molar-refractivity contribution in [2.24, 2.45) is 0 Å². The Bertz CT molecular complexity index is 1260. The van der Waals surface area contributed by atoms with Gasteiger partial charge in [-0.2, -0.15) is 0 Å². The topological polar surface area (TPSA) is 59.1 Å². The van der Waals surface area contributed by atoms with Crippen LogP contribution < -0.4 is 9.47 Å². The van der Waals surface area contributed by atoms with Crippen LogP contribution in [0.25, 0.3) is 0 Å². The van der Waals surface area contributed by atoms with Crippen molar-refractivity contribution in [2.45, 2.75) is 46.3 Å². The molecule has 0 aliphatic carbocycles. The Morgan fingerprint density at radius 3 is 2.50 bits per heavy atom. The fraction of sp³-hybridized carbons (Fsp3) is 0.333. The SMILES string of the molecule is CC[C@@H](C)N(CC(=O)N(Cc1ccc2c(c1)OCO2)Cc1sccc1C)C(=O)c1ccc(Cl)c(Cl)c1. The lowest BCUT2D eigenvalue weighted by Crippen LogP contribution is -2.46. The van der Waals surface area contributed by atoms with E-state index in [0.29, 0.717) is 46.6 Å².